The van der Waals surface area contributed by atoms with Crippen LogP contribution >= 0.6 is 11.3 Å². The van der Waals surface area contributed by atoms with E-state index in [0.29, 0.717) is 11.1 Å². The molecule has 0 bridgehead atoms. The summed E-state index contributed by atoms with van der Waals surface area (Å²) in [5, 5.41) is 3.20. The minimum absolute atomic E-state index is 0.0892. The standard InChI is InChI=1S/C19H24N4OS/c1-14-2-3-15(25-14)13-23-10-6-19(7-11-23)5-4-17(19)22-18(24)16-12-20-8-9-21-16/h2-3,8-9,12,17H,4-7,10-11,13H2,1H3,(H,22,24). The molecular formula is C19H24N4OS. The first-order valence-corrected chi connectivity index (χ1v) is 9.81. The lowest BCUT2D eigenvalue weighted by atomic mass is 9.59. The summed E-state index contributed by atoms with van der Waals surface area (Å²) in [5.74, 6) is -0.0892. The summed E-state index contributed by atoms with van der Waals surface area (Å²) in [7, 11) is 0. The Bertz CT molecular complexity index is 737. The van der Waals surface area contributed by atoms with Crippen molar-refractivity contribution in [2.45, 2.75) is 45.2 Å². The van der Waals surface area contributed by atoms with E-state index < -0.39 is 0 Å². The van der Waals surface area contributed by atoms with Crippen molar-refractivity contribution < 1.29 is 4.79 Å². The summed E-state index contributed by atoms with van der Waals surface area (Å²) in [6.07, 6.45) is 9.33. The van der Waals surface area contributed by atoms with Gasteiger partial charge < -0.3 is 5.32 Å². The minimum Gasteiger partial charge on any atom is -0.347 e. The monoisotopic (exact) mass is 356 g/mol. The molecule has 132 valence electrons. The summed E-state index contributed by atoms with van der Waals surface area (Å²) in [6, 6.07) is 4.74. The lowest BCUT2D eigenvalue weighted by molar-refractivity contribution is -0.00695. The van der Waals surface area contributed by atoms with Gasteiger partial charge in [-0.25, -0.2) is 4.98 Å². The highest BCUT2D eigenvalue weighted by atomic mass is 32.1. The van der Waals surface area contributed by atoms with E-state index in [0.717, 1.165) is 26.1 Å². The number of aryl methyl sites for hydroxylation is 1. The van der Waals surface area contributed by atoms with Crippen LogP contribution in [0.3, 0.4) is 0 Å². The molecule has 2 aromatic rings. The second-order valence-corrected chi connectivity index (χ2v) is 8.68. The van der Waals surface area contributed by atoms with Crippen molar-refractivity contribution >= 4 is 17.2 Å². The minimum atomic E-state index is -0.0892. The summed E-state index contributed by atoms with van der Waals surface area (Å²) in [4.78, 5) is 25.8. The average Bonchev–Trinajstić information content (AvgIpc) is 3.05. The van der Waals surface area contributed by atoms with Crippen molar-refractivity contribution in [2.75, 3.05) is 13.1 Å². The van der Waals surface area contributed by atoms with Crippen LogP contribution in [0.4, 0.5) is 0 Å². The molecule has 5 nitrogen and oxygen atoms in total. The maximum Gasteiger partial charge on any atom is 0.271 e. The van der Waals surface area contributed by atoms with Crippen LogP contribution in [0.2, 0.25) is 0 Å². The Kier molecular flexibility index (Phi) is 4.56. The smallest absolute Gasteiger partial charge is 0.271 e. The normalized spacial score (nSPS) is 22.5. The second-order valence-electron chi connectivity index (χ2n) is 7.31. The molecule has 1 amide bonds. The largest absolute Gasteiger partial charge is 0.347 e. The molecule has 2 fully saturated rings. The predicted molar refractivity (Wildman–Crippen MR) is 98.5 cm³/mol. The molecular weight excluding hydrogens is 332 g/mol. The Balaban J connectivity index is 1.32. The van der Waals surface area contributed by atoms with Crippen molar-refractivity contribution in [3.63, 3.8) is 0 Å². The average molecular weight is 356 g/mol. The van der Waals surface area contributed by atoms with Crippen LogP contribution in [-0.4, -0.2) is 39.9 Å². The molecule has 0 radical (unpaired) electrons. The number of aromatic nitrogens is 2. The third-order valence-corrected chi connectivity index (χ3v) is 6.78. The molecule has 1 aliphatic carbocycles. The molecule has 6 heteroatoms. The van der Waals surface area contributed by atoms with Crippen molar-refractivity contribution in [3.05, 3.63) is 46.2 Å². The number of carbonyl (C=O) groups excluding carboxylic acids is 1. The first-order chi connectivity index (χ1) is 12.1. The summed E-state index contributed by atoms with van der Waals surface area (Å²) < 4.78 is 0. The summed E-state index contributed by atoms with van der Waals surface area (Å²) >= 11 is 1.90. The zero-order valence-electron chi connectivity index (χ0n) is 14.6. The maximum absolute atomic E-state index is 12.4. The van der Waals surface area contributed by atoms with E-state index in [1.807, 2.05) is 11.3 Å². The highest BCUT2D eigenvalue weighted by Gasteiger charge is 2.48. The van der Waals surface area contributed by atoms with Gasteiger partial charge in [0.1, 0.15) is 5.69 Å². The van der Waals surface area contributed by atoms with Crippen LogP contribution < -0.4 is 5.32 Å². The number of amides is 1. The lowest BCUT2D eigenvalue weighted by Gasteiger charge is -2.54. The Morgan fingerprint density at radius 1 is 1.32 bits per heavy atom. The van der Waals surface area contributed by atoms with Gasteiger partial charge in [-0.3, -0.25) is 14.7 Å². The van der Waals surface area contributed by atoms with Gasteiger partial charge in [-0.15, -0.1) is 11.3 Å². The first kappa shape index (κ1) is 16.7. The Morgan fingerprint density at radius 3 is 2.76 bits per heavy atom. The Hall–Kier alpha value is -1.79. The lowest BCUT2D eigenvalue weighted by Crippen LogP contribution is -2.59. The van der Waals surface area contributed by atoms with Crippen LogP contribution in [0, 0.1) is 12.3 Å². The van der Waals surface area contributed by atoms with Crippen molar-refractivity contribution in [1.82, 2.24) is 20.2 Å². The number of hydrogen-bond donors (Lipinski definition) is 1. The van der Waals surface area contributed by atoms with Gasteiger partial charge in [0, 0.05) is 34.7 Å². The molecule has 1 aliphatic heterocycles. The molecule has 2 aromatic heterocycles. The van der Waals surface area contributed by atoms with Crippen LogP contribution in [0.15, 0.2) is 30.7 Å². The molecule has 0 aromatic carbocycles. The van der Waals surface area contributed by atoms with Gasteiger partial charge in [0.25, 0.3) is 5.91 Å². The van der Waals surface area contributed by atoms with E-state index in [1.165, 1.54) is 35.2 Å². The Morgan fingerprint density at radius 2 is 2.16 bits per heavy atom. The number of thiophene rings is 1. The molecule has 1 saturated heterocycles. The molecule has 1 spiro atoms. The van der Waals surface area contributed by atoms with E-state index in [2.05, 4.69) is 39.2 Å². The number of nitrogens with zero attached hydrogens (tertiary/aromatic N) is 3. The molecule has 1 saturated carbocycles. The van der Waals surface area contributed by atoms with Gasteiger partial charge in [0.05, 0.1) is 6.20 Å². The van der Waals surface area contributed by atoms with E-state index in [-0.39, 0.29) is 11.9 Å². The Labute approximate surface area is 152 Å². The number of piperidine rings is 1. The maximum atomic E-state index is 12.4. The first-order valence-electron chi connectivity index (χ1n) is 8.99. The van der Waals surface area contributed by atoms with Crippen molar-refractivity contribution in [3.8, 4) is 0 Å². The van der Waals surface area contributed by atoms with Crippen LogP contribution in [0.5, 0.6) is 0 Å². The van der Waals surface area contributed by atoms with E-state index in [4.69, 9.17) is 0 Å². The quantitative estimate of drug-likeness (QED) is 0.915. The van der Waals surface area contributed by atoms with Crippen LogP contribution in [0.1, 0.15) is 45.9 Å². The fourth-order valence-electron chi connectivity index (χ4n) is 4.12. The zero-order chi connectivity index (χ0) is 17.3. The molecule has 25 heavy (non-hydrogen) atoms. The highest BCUT2D eigenvalue weighted by Crippen LogP contribution is 2.49. The van der Waals surface area contributed by atoms with Gasteiger partial charge in [-0.1, -0.05) is 0 Å². The number of hydrogen-bond acceptors (Lipinski definition) is 5. The fraction of sp³-hybridized carbons (Fsp3) is 0.526. The van der Waals surface area contributed by atoms with E-state index >= 15 is 0 Å². The van der Waals surface area contributed by atoms with Gasteiger partial charge in [0.2, 0.25) is 0 Å². The predicted octanol–water partition coefficient (Wildman–Crippen LogP) is 3.02. The summed E-state index contributed by atoms with van der Waals surface area (Å²) in [5.41, 5.74) is 0.703. The molecule has 1 N–H and O–H groups in total. The number of likely N-dealkylation sites (tertiary alicyclic amines) is 1. The van der Waals surface area contributed by atoms with Crippen LogP contribution in [0.25, 0.3) is 0 Å². The molecule has 2 aliphatic rings. The zero-order valence-corrected chi connectivity index (χ0v) is 15.4. The molecule has 1 unspecified atom stereocenters. The van der Waals surface area contributed by atoms with E-state index in [9.17, 15) is 4.79 Å². The number of nitrogens with one attached hydrogen (secondary N) is 1. The highest BCUT2D eigenvalue weighted by molar-refractivity contribution is 7.11. The molecule has 1 atom stereocenters. The third kappa shape index (κ3) is 3.46. The fourth-order valence-corrected chi connectivity index (χ4v) is 5.05. The van der Waals surface area contributed by atoms with E-state index in [1.54, 1.807) is 12.4 Å². The second kappa shape index (κ2) is 6.84. The van der Waals surface area contributed by atoms with Crippen LogP contribution in [-0.2, 0) is 6.54 Å². The van der Waals surface area contributed by atoms with Gasteiger partial charge >= 0.3 is 0 Å². The summed E-state index contributed by atoms with van der Waals surface area (Å²) in [6.45, 7) is 5.46. The molecule has 4 rings (SSSR count). The third-order valence-electron chi connectivity index (χ3n) is 5.80. The number of carbonyl (C=O) groups is 1. The van der Waals surface area contributed by atoms with Gasteiger partial charge in [0.15, 0.2) is 0 Å². The topological polar surface area (TPSA) is 58.1 Å². The van der Waals surface area contributed by atoms with Crippen molar-refractivity contribution in [2.24, 2.45) is 5.41 Å². The van der Waals surface area contributed by atoms with Gasteiger partial charge in [-0.2, -0.15) is 0 Å². The number of rotatable bonds is 4. The SMILES string of the molecule is Cc1ccc(CN2CCC3(CCC3NC(=O)c3cnccn3)CC2)s1. The van der Waals surface area contributed by atoms with Gasteiger partial charge in [-0.05, 0) is 63.2 Å². The molecule has 3 heterocycles. The van der Waals surface area contributed by atoms with Crippen molar-refractivity contribution in [1.29, 1.82) is 0 Å².